The number of rotatable bonds is 2. The van der Waals surface area contributed by atoms with Crippen LogP contribution in [0.15, 0.2) is 59.1 Å². The maximum absolute atomic E-state index is 6.18. The van der Waals surface area contributed by atoms with Gasteiger partial charge in [0.1, 0.15) is 0 Å². The van der Waals surface area contributed by atoms with Crippen LogP contribution in [0.25, 0.3) is 16.6 Å². The molecule has 0 atom stereocenters. The molecule has 4 nitrogen and oxygen atoms in total. The molecule has 1 aliphatic rings. The van der Waals surface area contributed by atoms with E-state index in [9.17, 15) is 0 Å². The predicted molar refractivity (Wildman–Crippen MR) is 108 cm³/mol. The van der Waals surface area contributed by atoms with Crippen molar-refractivity contribution in [3.05, 3.63) is 65.2 Å². The highest BCUT2D eigenvalue weighted by Crippen LogP contribution is 2.31. The normalized spacial score (nSPS) is 13.9. The average molecular weight is 348 g/mol. The maximum atomic E-state index is 6.18. The Kier molecular flexibility index (Phi) is 4.09. The molecule has 0 saturated carbocycles. The second-order valence-corrected chi connectivity index (χ2v) is 7.32. The van der Waals surface area contributed by atoms with E-state index in [0.717, 1.165) is 28.5 Å². The van der Waals surface area contributed by atoms with Crippen molar-refractivity contribution in [1.29, 1.82) is 0 Å². The van der Waals surface area contributed by atoms with Crippen LogP contribution in [0.4, 0.5) is 5.95 Å². The molecule has 2 N–H and O–H groups in total. The van der Waals surface area contributed by atoms with E-state index in [-0.39, 0.29) is 0 Å². The van der Waals surface area contributed by atoms with Crippen molar-refractivity contribution in [3.63, 3.8) is 0 Å². The van der Waals surface area contributed by atoms with Gasteiger partial charge in [-0.25, -0.2) is 4.98 Å². The highest BCUT2D eigenvalue weighted by Gasteiger charge is 2.18. The largest absolute Gasteiger partial charge is 0.369 e. The van der Waals surface area contributed by atoms with Gasteiger partial charge in [0, 0.05) is 5.75 Å². The summed E-state index contributed by atoms with van der Waals surface area (Å²) >= 11 is 1.73. The number of fused-ring (bicyclic) bond motifs is 1. The Morgan fingerprint density at radius 1 is 1.08 bits per heavy atom. The van der Waals surface area contributed by atoms with Crippen molar-refractivity contribution in [2.45, 2.75) is 13.8 Å². The molecule has 25 heavy (non-hydrogen) atoms. The zero-order valence-corrected chi connectivity index (χ0v) is 15.2. The van der Waals surface area contributed by atoms with Crippen LogP contribution in [0.3, 0.4) is 0 Å². The van der Waals surface area contributed by atoms with Gasteiger partial charge in [-0.3, -0.25) is 9.56 Å². The van der Waals surface area contributed by atoms with Gasteiger partial charge in [0.25, 0.3) is 0 Å². The van der Waals surface area contributed by atoms with Crippen molar-refractivity contribution in [3.8, 4) is 0 Å². The van der Waals surface area contributed by atoms with E-state index in [1.54, 1.807) is 11.8 Å². The summed E-state index contributed by atoms with van der Waals surface area (Å²) in [6.07, 6.45) is 0. The van der Waals surface area contributed by atoms with Crippen LogP contribution < -0.4 is 5.73 Å². The lowest BCUT2D eigenvalue weighted by atomic mass is 9.94. The van der Waals surface area contributed by atoms with Gasteiger partial charge in [0.05, 0.1) is 17.6 Å². The number of nitrogens with two attached hydrogens (primary N) is 1. The molecule has 0 radical (unpaired) electrons. The maximum Gasteiger partial charge on any atom is 0.207 e. The van der Waals surface area contributed by atoms with Crippen LogP contribution in [-0.4, -0.2) is 27.0 Å². The Morgan fingerprint density at radius 2 is 1.88 bits per heavy atom. The summed E-state index contributed by atoms with van der Waals surface area (Å²) in [5.74, 6) is 1.50. The molecule has 126 valence electrons. The van der Waals surface area contributed by atoms with Crippen molar-refractivity contribution in [2.75, 3.05) is 18.0 Å². The highest BCUT2D eigenvalue weighted by molar-refractivity contribution is 8.14. The molecule has 0 saturated heterocycles. The molecule has 4 rings (SSSR count). The molecular weight excluding hydrogens is 328 g/mol. The van der Waals surface area contributed by atoms with Crippen LogP contribution >= 0.6 is 11.8 Å². The molecule has 0 amide bonds. The molecule has 0 fully saturated rings. The Labute approximate surface area is 151 Å². The topological polar surface area (TPSA) is 56.2 Å². The summed E-state index contributed by atoms with van der Waals surface area (Å²) in [5.41, 5.74) is 13.0. The van der Waals surface area contributed by atoms with Gasteiger partial charge in [-0.1, -0.05) is 53.7 Å². The number of nitrogens with zero attached hydrogens (tertiary/aromatic N) is 3. The Bertz CT molecular complexity index is 995. The molecule has 0 bridgehead atoms. The van der Waals surface area contributed by atoms with E-state index in [1.807, 2.05) is 16.7 Å². The Hall–Kier alpha value is -2.53. The first-order valence-electron chi connectivity index (χ1n) is 8.34. The summed E-state index contributed by atoms with van der Waals surface area (Å²) in [6, 6.07) is 16.8. The molecule has 5 heteroatoms. The van der Waals surface area contributed by atoms with E-state index in [1.165, 1.54) is 22.3 Å². The number of benzene rings is 2. The lowest BCUT2D eigenvalue weighted by molar-refractivity contribution is 1.13. The van der Waals surface area contributed by atoms with Crippen molar-refractivity contribution < 1.29 is 0 Å². The number of aromatic nitrogens is 2. The minimum Gasteiger partial charge on any atom is -0.369 e. The summed E-state index contributed by atoms with van der Waals surface area (Å²) in [5, 5.41) is 0.940. The van der Waals surface area contributed by atoms with Gasteiger partial charge < -0.3 is 5.73 Å². The third-order valence-corrected chi connectivity index (χ3v) is 5.25. The Balaban J connectivity index is 1.91. The number of aliphatic imine (C=N–C) groups is 1. The minimum atomic E-state index is 0.499. The van der Waals surface area contributed by atoms with Crippen LogP contribution in [0.1, 0.15) is 25.0 Å². The summed E-state index contributed by atoms with van der Waals surface area (Å²) in [7, 11) is 0. The fourth-order valence-electron chi connectivity index (χ4n) is 3.26. The second kappa shape index (κ2) is 6.41. The lowest BCUT2D eigenvalue weighted by Crippen LogP contribution is -2.09. The molecule has 0 unspecified atom stereocenters. The van der Waals surface area contributed by atoms with Crippen LogP contribution in [0, 0.1) is 0 Å². The summed E-state index contributed by atoms with van der Waals surface area (Å²) in [6.45, 7) is 5.13. The van der Waals surface area contributed by atoms with Crippen LogP contribution in [-0.2, 0) is 0 Å². The van der Waals surface area contributed by atoms with Gasteiger partial charge >= 0.3 is 0 Å². The van der Waals surface area contributed by atoms with Crippen molar-refractivity contribution in [1.82, 2.24) is 9.55 Å². The second-order valence-electron chi connectivity index (χ2n) is 6.26. The quantitative estimate of drug-likeness (QED) is 0.746. The summed E-state index contributed by atoms with van der Waals surface area (Å²) in [4.78, 5) is 9.07. The molecule has 2 aromatic carbocycles. The first-order chi connectivity index (χ1) is 12.1. The van der Waals surface area contributed by atoms with E-state index in [0.29, 0.717) is 5.95 Å². The fraction of sp³-hybridized carbons (Fsp3) is 0.200. The van der Waals surface area contributed by atoms with E-state index in [4.69, 9.17) is 5.73 Å². The molecule has 1 aromatic heterocycles. The van der Waals surface area contributed by atoms with E-state index < -0.39 is 0 Å². The number of thioether (sulfide) groups is 1. The number of hydrogen-bond donors (Lipinski definition) is 1. The van der Waals surface area contributed by atoms with Crippen molar-refractivity contribution >= 4 is 39.5 Å². The van der Waals surface area contributed by atoms with E-state index in [2.05, 4.69) is 60.2 Å². The van der Waals surface area contributed by atoms with E-state index >= 15 is 0 Å². The SMILES string of the molecule is CC(C)=C(c1ccccc1)c1ccc2nc(N)n(C3=NCCS3)c2c1. The van der Waals surface area contributed by atoms with Gasteiger partial charge in [-0.05, 0) is 42.7 Å². The predicted octanol–water partition coefficient (Wildman–Crippen LogP) is 4.41. The first kappa shape index (κ1) is 16.0. The zero-order chi connectivity index (χ0) is 17.4. The monoisotopic (exact) mass is 348 g/mol. The average Bonchev–Trinajstić information content (AvgIpc) is 3.22. The number of imidazole rings is 1. The van der Waals surface area contributed by atoms with Crippen LogP contribution in [0.2, 0.25) is 0 Å². The molecule has 0 aliphatic carbocycles. The minimum absolute atomic E-state index is 0.499. The zero-order valence-electron chi connectivity index (χ0n) is 14.4. The number of nitrogen functional groups attached to an aromatic ring is 1. The number of anilines is 1. The lowest BCUT2D eigenvalue weighted by Gasteiger charge is -2.12. The van der Waals surface area contributed by atoms with Gasteiger partial charge in [0.2, 0.25) is 5.95 Å². The fourth-order valence-corrected chi connectivity index (χ4v) is 4.13. The molecule has 1 aliphatic heterocycles. The van der Waals surface area contributed by atoms with Gasteiger partial charge in [-0.15, -0.1) is 0 Å². The van der Waals surface area contributed by atoms with Gasteiger partial charge in [0.15, 0.2) is 5.17 Å². The number of allylic oxidation sites excluding steroid dienone is 1. The Morgan fingerprint density at radius 3 is 2.56 bits per heavy atom. The standard InChI is InChI=1S/C20H20N4S/c1-13(2)18(14-6-4-3-5-7-14)15-8-9-16-17(12-15)24(19(21)23-16)20-22-10-11-25-20/h3-9,12H,10-11H2,1-2H3,(H2,21,23). The first-order valence-corrected chi connectivity index (χ1v) is 9.32. The van der Waals surface area contributed by atoms with Gasteiger partial charge in [-0.2, -0.15) is 0 Å². The molecule has 0 spiro atoms. The summed E-state index contributed by atoms with van der Waals surface area (Å²) < 4.78 is 1.98. The third kappa shape index (κ3) is 2.85. The highest BCUT2D eigenvalue weighted by atomic mass is 32.2. The molecule has 2 heterocycles. The smallest absolute Gasteiger partial charge is 0.207 e. The van der Waals surface area contributed by atoms with Crippen molar-refractivity contribution in [2.24, 2.45) is 4.99 Å². The molecular formula is C20H20N4S. The third-order valence-electron chi connectivity index (χ3n) is 4.29. The van der Waals surface area contributed by atoms with Crippen LogP contribution in [0.5, 0.6) is 0 Å². The number of hydrogen-bond acceptors (Lipinski definition) is 4. The molecule has 3 aromatic rings.